The predicted octanol–water partition coefficient (Wildman–Crippen LogP) is 9.23. The van der Waals surface area contributed by atoms with E-state index in [1.54, 1.807) is 0 Å². The zero-order valence-corrected chi connectivity index (χ0v) is 22.6. The quantitative estimate of drug-likeness (QED) is 0.220. The van der Waals surface area contributed by atoms with E-state index in [1.807, 2.05) is 91.0 Å². The van der Waals surface area contributed by atoms with Crippen LogP contribution in [0.4, 0.5) is 0 Å². The van der Waals surface area contributed by atoms with Crippen molar-refractivity contribution in [2.75, 3.05) is 0 Å². The Morgan fingerprint density at radius 1 is 0.429 bits per heavy atom. The van der Waals surface area contributed by atoms with Gasteiger partial charge in [0.1, 0.15) is 0 Å². The van der Waals surface area contributed by atoms with Crippen LogP contribution in [0.25, 0.3) is 67.2 Å². The van der Waals surface area contributed by atoms with Crippen LogP contribution in [0.5, 0.6) is 0 Å². The van der Waals surface area contributed by atoms with Crippen molar-refractivity contribution < 1.29 is 0 Å². The highest BCUT2D eigenvalue weighted by molar-refractivity contribution is 6.03. The summed E-state index contributed by atoms with van der Waals surface area (Å²) >= 11 is 0. The van der Waals surface area contributed by atoms with Crippen LogP contribution in [-0.2, 0) is 0 Å². The molecule has 0 aliphatic rings. The molecule has 0 aliphatic heterocycles. The number of aromatic nitrogens is 3. The second kappa shape index (κ2) is 10.9. The highest BCUT2D eigenvalue weighted by Gasteiger charge is 2.18. The summed E-state index contributed by atoms with van der Waals surface area (Å²) in [4.78, 5) is 15.0. The van der Waals surface area contributed by atoms with E-state index in [9.17, 15) is 5.26 Å². The minimum Gasteiger partial charge on any atom is -0.208 e. The first kappa shape index (κ1) is 25.1. The van der Waals surface area contributed by atoms with Crippen molar-refractivity contribution in [2.24, 2.45) is 0 Å². The maximum Gasteiger partial charge on any atom is 0.165 e. The van der Waals surface area contributed by atoms with Gasteiger partial charge in [0, 0.05) is 16.7 Å². The molecule has 4 nitrogen and oxygen atoms in total. The van der Waals surface area contributed by atoms with E-state index in [1.165, 1.54) is 0 Å². The summed E-state index contributed by atoms with van der Waals surface area (Å²) in [6, 6.07) is 51.1. The molecule has 0 atom stereocenters. The van der Waals surface area contributed by atoms with Crippen molar-refractivity contribution in [3.8, 4) is 62.5 Å². The highest BCUT2D eigenvalue weighted by Crippen LogP contribution is 2.38. The number of nitriles is 1. The molecular formula is C38H24N4. The molecule has 6 aromatic carbocycles. The topological polar surface area (TPSA) is 62.5 Å². The third-order valence-electron chi connectivity index (χ3n) is 7.37. The summed E-state index contributed by atoms with van der Waals surface area (Å²) in [5.41, 5.74) is 7.63. The van der Waals surface area contributed by atoms with Crippen LogP contribution in [0.1, 0.15) is 5.56 Å². The molecule has 42 heavy (non-hydrogen) atoms. The molecule has 0 amide bonds. The third-order valence-corrected chi connectivity index (χ3v) is 7.37. The van der Waals surface area contributed by atoms with Gasteiger partial charge in [-0.3, -0.25) is 0 Å². The van der Waals surface area contributed by atoms with E-state index in [2.05, 4.69) is 60.7 Å². The van der Waals surface area contributed by atoms with Crippen molar-refractivity contribution in [3.63, 3.8) is 0 Å². The third kappa shape index (κ3) is 4.81. The number of hydrogen-bond acceptors (Lipinski definition) is 4. The van der Waals surface area contributed by atoms with Gasteiger partial charge in [0.05, 0.1) is 11.6 Å². The molecule has 1 aromatic heterocycles. The number of rotatable bonds is 5. The van der Waals surface area contributed by atoms with Gasteiger partial charge in [-0.1, -0.05) is 133 Å². The standard InChI is InChI=1S/C38H24N4/c39-25-26-10-9-16-32(24-26)27-18-20-29(21-19-27)34-23-22-28-11-7-8-17-33(28)35(34)38-41-36(30-12-3-1-4-13-30)40-37(42-38)31-14-5-2-6-15-31/h1-24H. The van der Waals surface area contributed by atoms with Gasteiger partial charge in [-0.05, 0) is 45.2 Å². The molecule has 196 valence electrons. The number of fused-ring (bicyclic) bond motifs is 1. The first-order valence-electron chi connectivity index (χ1n) is 13.8. The van der Waals surface area contributed by atoms with Gasteiger partial charge < -0.3 is 0 Å². The van der Waals surface area contributed by atoms with Gasteiger partial charge in [-0.15, -0.1) is 0 Å². The number of hydrogen-bond donors (Lipinski definition) is 0. The first-order valence-corrected chi connectivity index (χ1v) is 13.8. The lowest BCUT2D eigenvalue weighted by Crippen LogP contribution is -2.01. The van der Waals surface area contributed by atoms with Gasteiger partial charge >= 0.3 is 0 Å². The molecular weight excluding hydrogens is 512 g/mol. The first-order chi connectivity index (χ1) is 20.8. The van der Waals surface area contributed by atoms with E-state index in [4.69, 9.17) is 15.0 Å². The van der Waals surface area contributed by atoms with Gasteiger partial charge in [0.25, 0.3) is 0 Å². The van der Waals surface area contributed by atoms with Crippen LogP contribution in [-0.4, -0.2) is 15.0 Å². The Balaban J connectivity index is 1.44. The van der Waals surface area contributed by atoms with Gasteiger partial charge in [-0.2, -0.15) is 5.26 Å². The normalized spacial score (nSPS) is 10.8. The number of nitrogens with zero attached hydrogens (tertiary/aromatic N) is 4. The fourth-order valence-electron chi connectivity index (χ4n) is 5.28. The molecule has 0 spiro atoms. The van der Waals surface area contributed by atoms with Crippen LogP contribution >= 0.6 is 0 Å². The van der Waals surface area contributed by atoms with E-state index in [0.717, 1.165) is 49.7 Å². The Morgan fingerprint density at radius 2 is 1.00 bits per heavy atom. The average Bonchev–Trinajstić information content (AvgIpc) is 3.08. The van der Waals surface area contributed by atoms with Crippen molar-refractivity contribution in [1.29, 1.82) is 5.26 Å². The minimum atomic E-state index is 0.625. The molecule has 0 bridgehead atoms. The van der Waals surface area contributed by atoms with Gasteiger partial charge in [0.15, 0.2) is 17.5 Å². The van der Waals surface area contributed by atoms with Crippen molar-refractivity contribution >= 4 is 10.8 Å². The monoisotopic (exact) mass is 536 g/mol. The number of benzene rings is 6. The van der Waals surface area contributed by atoms with Crippen LogP contribution in [0.2, 0.25) is 0 Å². The lowest BCUT2D eigenvalue weighted by molar-refractivity contribution is 1.08. The Bertz CT molecular complexity index is 2020. The van der Waals surface area contributed by atoms with E-state index >= 15 is 0 Å². The van der Waals surface area contributed by atoms with E-state index in [-0.39, 0.29) is 0 Å². The molecule has 0 aliphatic carbocycles. The fraction of sp³-hybridized carbons (Fsp3) is 0. The van der Waals surface area contributed by atoms with Crippen LogP contribution < -0.4 is 0 Å². The molecule has 7 rings (SSSR count). The SMILES string of the molecule is N#Cc1cccc(-c2ccc(-c3ccc4ccccc4c3-c3nc(-c4ccccc4)nc(-c4ccccc4)n3)cc2)c1. The summed E-state index contributed by atoms with van der Waals surface area (Å²) in [5, 5.41) is 11.5. The summed E-state index contributed by atoms with van der Waals surface area (Å²) in [5.74, 6) is 1.89. The van der Waals surface area contributed by atoms with Crippen LogP contribution in [0, 0.1) is 11.3 Å². The summed E-state index contributed by atoms with van der Waals surface area (Å²) in [6.45, 7) is 0. The lowest BCUT2D eigenvalue weighted by atomic mass is 9.92. The zero-order valence-electron chi connectivity index (χ0n) is 22.6. The molecule has 0 saturated carbocycles. The molecule has 1 heterocycles. The molecule has 7 aromatic rings. The minimum absolute atomic E-state index is 0.625. The van der Waals surface area contributed by atoms with Gasteiger partial charge in [-0.25, -0.2) is 15.0 Å². The van der Waals surface area contributed by atoms with E-state index < -0.39 is 0 Å². The van der Waals surface area contributed by atoms with Gasteiger partial charge in [0.2, 0.25) is 0 Å². The summed E-state index contributed by atoms with van der Waals surface area (Å²) < 4.78 is 0. The zero-order chi connectivity index (χ0) is 28.3. The molecule has 0 radical (unpaired) electrons. The maximum atomic E-state index is 9.35. The lowest BCUT2D eigenvalue weighted by Gasteiger charge is -2.15. The fourth-order valence-corrected chi connectivity index (χ4v) is 5.28. The molecule has 4 heteroatoms. The van der Waals surface area contributed by atoms with Crippen molar-refractivity contribution in [1.82, 2.24) is 15.0 Å². The highest BCUT2D eigenvalue weighted by atomic mass is 15.0. The maximum absolute atomic E-state index is 9.35. The van der Waals surface area contributed by atoms with Crippen LogP contribution in [0.3, 0.4) is 0 Å². The van der Waals surface area contributed by atoms with Crippen molar-refractivity contribution in [2.45, 2.75) is 0 Å². The second-order valence-corrected chi connectivity index (χ2v) is 10.0. The van der Waals surface area contributed by atoms with Crippen molar-refractivity contribution in [3.05, 3.63) is 151 Å². The average molecular weight is 537 g/mol. The van der Waals surface area contributed by atoms with E-state index in [0.29, 0.717) is 23.0 Å². The largest absolute Gasteiger partial charge is 0.208 e. The molecule has 0 N–H and O–H groups in total. The Kier molecular flexibility index (Phi) is 6.52. The Labute approximate surface area is 244 Å². The smallest absolute Gasteiger partial charge is 0.165 e. The summed E-state index contributed by atoms with van der Waals surface area (Å²) in [6.07, 6.45) is 0. The Morgan fingerprint density at radius 3 is 1.67 bits per heavy atom. The molecule has 0 fully saturated rings. The Hall–Kier alpha value is -5.92. The predicted molar refractivity (Wildman–Crippen MR) is 169 cm³/mol. The second-order valence-electron chi connectivity index (χ2n) is 10.0. The molecule has 0 unspecified atom stereocenters. The molecule has 0 saturated heterocycles. The van der Waals surface area contributed by atoms with Crippen LogP contribution in [0.15, 0.2) is 146 Å². The summed E-state index contributed by atoms with van der Waals surface area (Å²) in [7, 11) is 0.